The summed E-state index contributed by atoms with van der Waals surface area (Å²) in [5, 5.41) is 11.6. The Labute approximate surface area is 295 Å². The molecule has 48 heavy (non-hydrogen) atoms. The summed E-state index contributed by atoms with van der Waals surface area (Å²) in [6.45, 7) is 4.61. The van der Waals surface area contributed by atoms with Crippen LogP contribution >= 0.6 is 0 Å². The van der Waals surface area contributed by atoms with Crippen LogP contribution < -0.4 is 5.11 Å². The lowest BCUT2D eigenvalue weighted by molar-refractivity contribution is -0.889. The highest BCUT2D eigenvalue weighted by atomic mass is 16.6. The maximum absolute atomic E-state index is 12.6. The molecule has 0 radical (unpaired) electrons. The van der Waals surface area contributed by atoms with Crippen molar-refractivity contribution < 1.29 is 38.2 Å². The lowest BCUT2D eigenvalue weighted by Gasteiger charge is -2.34. The third kappa shape index (κ3) is 30.2. The van der Waals surface area contributed by atoms with E-state index in [2.05, 4.69) is 26.0 Å². The Balaban J connectivity index is 4.31. The number of esters is 2. The predicted octanol–water partition coefficient (Wildman–Crippen LogP) is 8.63. The minimum atomic E-state index is -1.13. The van der Waals surface area contributed by atoms with E-state index in [-0.39, 0.29) is 42.7 Å². The van der Waals surface area contributed by atoms with E-state index in [1.807, 2.05) is 0 Å². The minimum Gasteiger partial charge on any atom is -0.544 e. The van der Waals surface area contributed by atoms with Crippen LogP contribution in [-0.2, 0) is 28.6 Å². The first-order valence-electron chi connectivity index (χ1n) is 19.7. The average molecular weight is 682 g/mol. The van der Waals surface area contributed by atoms with Gasteiger partial charge in [-0.15, -0.1) is 0 Å². The zero-order valence-electron chi connectivity index (χ0n) is 31.9. The van der Waals surface area contributed by atoms with Gasteiger partial charge in [0.15, 0.2) is 6.10 Å². The molecule has 0 aromatic carbocycles. The van der Waals surface area contributed by atoms with Crippen LogP contribution in [0.4, 0.5) is 0 Å². The third-order valence-corrected chi connectivity index (χ3v) is 8.90. The van der Waals surface area contributed by atoms with Crippen molar-refractivity contribution >= 4 is 17.9 Å². The van der Waals surface area contributed by atoms with E-state index in [0.29, 0.717) is 12.8 Å². The molecule has 0 aliphatic rings. The Hall–Kier alpha value is -1.93. The van der Waals surface area contributed by atoms with Crippen molar-refractivity contribution in [3.63, 3.8) is 0 Å². The van der Waals surface area contributed by atoms with Gasteiger partial charge >= 0.3 is 11.9 Å². The molecule has 0 rings (SSSR count). The van der Waals surface area contributed by atoms with Crippen molar-refractivity contribution in [2.24, 2.45) is 0 Å². The van der Waals surface area contributed by atoms with Gasteiger partial charge in [-0.3, -0.25) is 9.59 Å². The average Bonchev–Trinajstić information content (AvgIpc) is 3.03. The lowest BCUT2D eigenvalue weighted by atomic mass is 10.1. The molecule has 0 bridgehead atoms. The van der Waals surface area contributed by atoms with Crippen LogP contribution in [0.2, 0.25) is 0 Å². The van der Waals surface area contributed by atoms with Gasteiger partial charge in [0, 0.05) is 19.3 Å². The number of quaternary nitrogens is 1. The molecule has 0 aliphatic carbocycles. The molecule has 0 aliphatic heterocycles. The van der Waals surface area contributed by atoms with E-state index in [9.17, 15) is 19.5 Å². The molecule has 0 heterocycles. The molecule has 0 N–H and O–H groups in total. The zero-order chi connectivity index (χ0) is 35.7. The quantitative estimate of drug-likeness (QED) is 0.0286. The molecule has 282 valence electrons. The van der Waals surface area contributed by atoms with Crippen LogP contribution in [0.3, 0.4) is 0 Å². The predicted molar refractivity (Wildman–Crippen MR) is 194 cm³/mol. The third-order valence-electron chi connectivity index (χ3n) is 8.90. The zero-order valence-corrected chi connectivity index (χ0v) is 31.9. The second kappa shape index (κ2) is 32.3. The van der Waals surface area contributed by atoms with Gasteiger partial charge in [0.2, 0.25) is 0 Å². The Kier molecular flexibility index (Phi) is 31.0. The van der Waals surface area contributed by atoms with Crippen molar-refractivity contribution in [2.75, 3.05) is 41.0 Å². The van der Waals surface area contributed by atoms with Gasteiger partial charge in [0.25, 0.3) is 0 Å². The monoisotopic (exact) mass is 682 g/mol. The molecule has 2 unspecified atom stereocenters. The number of nitrogens with zero attached hydrogens (tertiary/aromatic N) is 1. The fraction of sp³-hybridized carbons (Fsp3) is 0.875. The molecule has 0 saturated heterocycles. The Morgan fingerprint density at radius 1 is 0.604 bits per heavy atom. The first-order chi connectivity index (χ1) is 23.1. The summed E-state index contributed by atoms with van der Waals surface area (Å²) >= 11 is 0. The summed E-state index contributed by atoms with van der Waals surface area (Å²) in [4.78, 5) is 36.5. The molecular weight excluding hydrogens is 606 g/mol. The molecule has 0 spiro atoms. The molecule has 8 heteroatoms. The molecular formula is C40H75NO7. The number of hydrogen-bond acceptors (Lipinski definition) is 7. The standard InChI is InChI=1S/C40H75NO7/c1-6-8-10-12-14-15-16-17-18-19-20-21-22-23-25-27-29-31-39(43)48-36(34-46-33-32-37(40(44)45)41(3,4)5)35-47-38(42)30-28-26-24-13-11-9-7-2/h17-18,36-37H,6-16,19-35H2,1-5H3/b18-17-. The highest BCUT2D eigenvalue weighted by Crippen LogP contribution is 2.14. The van der Waals surface area contributed by atoms with E-state index in [1.165, 1.54) is 103 Å². The summed E-state index contributed by atoms with van der Waals surface area (Å²) in [5.74, 6) is -1.74. The SMILES string of the molecule is CCCCCCCC/C=C\CCCCCCCCCC(=O)OC(COCCC(C(=O)[O-])[N+](C)(C)C)COC(=O)CCCCCCCCC. The number of carbonyl (C=O) groups excluding carboxylic acids is 3. The summed E-state index contributed by atoms with van der Waals surface area (Å²) in [6.07, 6.45) is 31.0. The number of allylic oxidation sites excluding steroid dienone is 2. The molecule has 2 atom stereocenters. The number of carbonyl (C=O) groups is 3. The highest BCUT2D eigenvalue weighted by molar-refractivity contribution is 5.70. The maximum atomic E-state index is 12.6. The number of carboxylic acid groups (broad SMARTS) is 1. The van der Waals surface area contributed by atoms with Gasteiger partial charge in [-0.1, -0.05) is 129 Å². The molecule has 0 fully saturated rings. The van der Waals surface area contributed by atoms with Crippen molar-refractivity contribution in [1.82, 2.24) is 0 Å². The van der Waals surface area contributed by atoms with Crippen LogP contribution in [0.25, 0.3) is 0 Å². The van der Waals surface area contributed by atoms with Gasteiger partial charge in [0.1, 0.15) is 12.6 Å². The van der Waals surface area contributed by atoms with Crippen LogP contribution in [-0.4, -0.2) is 75.5 Å². The highest BCUT2D eigenvalue weighted by Gasteiger charge is 2.25. The van der Waals surface area contributed by atoms with Gasteiger partial charge < -0.3 is 28.6 Å². The molecule has 8 nitrogen and oxygen atoms in total. The lowest BCUT2D eigenvalue weighted by Crippen LogP contribution is -2.55. The van der Waals surface area contributed by atoms with Crippen molar-refractivity contribution in [2.45, 2.75) is 187 Å². The minimum absolute atomic E-state index is 0.0432. The largest absolute Gasteiger partial charge is 0.544 e. The number of carboxylic acids is 1. The van der Waals surface area contributed by atoms with Crippen molar-refractivity contribution in [1.29, 1.82) is 0 Å². The first kappa shape index (κ1) is 46.1. The molecule has 0 aromatic rings. The molecule has 0 saturated carbocycles. The number of unbranched alkanes of at least 4 members (excludes halogenated alkanes) is 19. The first-order valence-corrected chi connectivity index (χ1v) is 19.7. The van der Waals surface area contributed by atoms with Crippen LogP contribution in [0.15, 0.2) is 12.2 Å². The van der Waals surface area contributed by atoms with E-state index < -0.39 is 18.1 Å². The number of ether oxygens (including phenoxy) is 3. The van der Waals surface area contributed by atoms with Gasteiger partial charge in [-0.2, -0.15) is 0 Å². The Bertz CT molecular complexity index is 808. The topological polar surface area (TPSA) is 102 Å². The number of aliphatic carboxylic acids is 1. The van der Waals surface area contributed by atoms with Gasteiger partial charge in [0.05, 0.1) is 40.3 Å². The van der Waals surface area contributed by atoms with Crippen LogP contribution in [0, 0.1) is 0 Å². The van der Waals surface area contributed by atoms with E-state index in [0.717, 1.165) is 38.5 Å². The number of hydrogen-bond donors (Lipinski definition) is 0. The number of rotatable bonds is 35. The van der Waals surface area contributed by atoms with E-state index >= 15 is 0 Å². The normalized spacial score (nSPS) is 13.1. The maximum Gasteiger partial charge on any atom is 0.306 e. The fourth-order valence-corrected chi connectivity index (χ4v) is 5.77. The smallest absolute Gasteiger partial charge is 0.306 e. The van der Waals surface area contributed by atoms with E-state index in [1.54, 1.807) is 21.1 Å². The second-order valence-corrected chi connectivity index (χ2v) is 14.5. The van der Waals surface area contributed by atoms with Gasteiger partial charge in [-0.05, 0) is 38.5 Å². The molecule has 0 amide bonds. The summed E-state index contributed by atoms with van der Waals surface area (Å²) in [5.41, 5.74) is 0. The van der Waals surface area contributed by atoms with Crippen molar-refractivity contribution in [3.05, 3.63) is 12.2 Å². The molecule has 0 aromatic heterocycles. The van der Waals surface area contributed by atoms with Crippen LogP contribution in [0.5, 0.6) is 0 Å². The summed E-state index contributed by atoms with van der Waals surface area (Å²) in [7, 11) is 5.39. The Morgan fingerprint density at radius 3 is 1.50 bits per heavy atom. The Morgan fingerprint density at radius 2 is 1.04 bits per heavy atom. The van der Waals surface area contributed by atoms with Crippen LogP contribution in [0.1, 0.15) is 174 Å². The number of likely N-dealkylation sites (N-methyl/N-ethyl adjacent to an activating group) is 1. The fourth-order valence-electron chi connectivity index (χ4n) is 5.77. The van der Waals surface area contributed by atoms with Gasteiger partial charge in [-0.25, -0.2) is 0 Å². The van der Waals surface area contributed by atoms with Crippen molar-refractivity contribution in [3.8, 4) is 0 Å². The summed E-state index contributed by atoms with van der Waals surface area (Å²) in [6, 6.07) is -0.720. The second-order valence-electron chi connectivity index (χ2n) is 14.5. The van der Waals surface area contributed by atoms with E-state index in [4.69, 9.17) is 14.2 Å². The summed E-state index contributed by atoms with van der Waals surface area (Å²) < 4.78 is 17.0.